The highest BCUT2D eigenvalue weighted by Gasteiger charge is 2.17. The van der Waals surface area contributed by atoms with Crippen molar-refractivity contribution in [3.05, 3.63) is 82.4 Å². The smallest absolute Gasteiger partial charge is 0.222 e. The number of hydrogen-bond donors (Lipinski definition) is 0. The van der Waals surface area contributed by atoms with Gasteiger partial charge in [-0.1, -0.05) is 35.9 Å². The molecule has 4 nitrogen and oxygen atoms in total. The van der Waals surface area contributed by atoms with E-state index < -0.39 is 0 Å². The van der Waals surface area contributed by atoms with Gasteiger partial charge >= 0.3 is 0 Å². The van der Waals surface area contributed by atoms with Gasteiger partial charge < -0.3 is 9.64 Å². The van der Waals surface area contributed by atoms with Crippen molar-refractivity contribution in [1.29, 1.82) is 0 Å². The molecule has 0 aliphatic rings. The van der Waals surface area contributed by atoms with Crippen LogP contribution in [-0.2, 0) is 17.6 Å². The maximum atomic E-state index is 15.4. The molecule has 1 heterocycles. The van der Waals surface area contributed by atoms with Crippen molar-refractivity contribution in [2.45, 2.75) is 19.3 Å². The molecule has 0 aliphatic heterocycles. The van der Waals surface area contributed by atoms with Gasteiger partial charge in [0.1, 0.15) is 11.6 Å². The zero-order valence-electron chi connectivity index (χ0n) is 17.3. The lowest BCUT2D eigenvalue weighted by molar-refractivity contribution is -0.128. The fourth-order valence-electron chi connectivity index (χ4n) is 3.21. The summed E-state index contributed by atoms with van der Waals surface area (Å²) >= 11 is 6.09. The van der Waals surface area contributed by atoms with Crippen LogP contribution in [0.2, 0.25) is 5.02 Å². The van der Waals surface area contributed by atoms with E-state index in [4.69, 9.17) is 16.3 Å². The molecule has 0 bridgehead atoms. The number of aryl methyl sites for hydroxylation is 1. The SMILES string of the molecule is COc1ccc(Cc2ccc(CCC(=O)N(C)C)nc2)c(F)c1-c1cccc(Cl)c1. The van der Waals surface area contributed by atoms with Gasteiger partial charge in [-0.25, -0.2) is 4.39 Å². The van der Waals surface area contributed by atoms with Crippen LogP contribution in [0.4, 0.5) is 4.39 Å². The third-order valence-electron chi connectivity index (χ3n) is 4.89. The molecule has 0 fully saturated rings. The van der Waals surface area contributed by atoms with Gasteiger partial charge in [0, 0.05) is 43.9 Å². The fraction of sp³-hybridized carbons (Fsp3) is 0.250. The summed E-state index contributed by atoms with van der Waals surface area (Å²) in [4.78, 5) is 17.7. The van der Waals surface area contributed by atoms with E-state index in [-0.39, 0.29) is 11.7 Å². The molecular weight excluding hydrogens is 403 g/mol. The lowest BCUT2D eigenvalue weighted by Crippen LogP contribution is -2.21. The number of rotatable bonds is 7. The average molecular weight is 427 g/mol. The van der Waals surface area contributed by atoms with Crippen LogP contribution in [0, 0.1) is 5.82 Å². The topological polar surface area (TPSA) is 42.4 Å². The first-order valence-electron chi connectivity index (χ1n) is 9.64. The summed E-state index contributed by atoms with van der Waals surface area (Å²) in [6.45, 7) is 0. The summed E-state index contributed by atoms with van der Waals surface area (Å²) in [6.07, 6.45) is 3.12. The maximum absolute atomic E-state index is 15.4. The molecule has 0 atom stereocenters. The number of pyridine rings is 1. The third kappa shape index (κ3) is 5.16. The van der Waals surface area contributed by atoms with Gasteiger partial charge in [0.15, 0.2) is 0 Å². The minimum absolute atomic E-state index is 0.0646. The lowest BCUT2D eigenvalue weighted by Gasteiger charge is -2.14. The van der Waals surface area contributed by atoms with Crippen molar-refractivity contribution in [2.75, 3.05) is 21.2 Å². The second-order valence-electron chi connectivity index (χ2n) is 7.25. The summed E-state index contributed by atoms with van der Waals surface area (Å²) in [7, 11) is 4.99. The number of amides is 1. The van der Waals surface area contributed by atoms with Gasteiger partial charge in [-0.05, 0) is 47.4 Å². The van der Waals surface area contributed by atoms with Crippen molar-refractivity contribution in [3.63, 3.8) is 0 Å². The summed E-state index contributed by atoms with van der Waals surface area (Å²) in [5.74, 6) is 0.185. The Morgan fingerprint density at radius 3 is 2.60 bits per heavy atom. The predicted molar refractivity (Wildman–Crippen MR) is 117 cm³/mol. The molecular formula is C24H24ClFN2O2. The van der Waals surface area contributed by atoms with E-state index in [0.717, 1.165) is 11.3 Å². The Morgan fingerprint density at radius 2 is 1.97 bits per heavy atom. The molecule has 0 saturated heterocycles. The molecule has 0 spiro atoms. The molecule has 3 rings (SSSR count). The van der Waals surface area contributed by atoms with E-state index in [0.29, 0.717) is 46.7 Å². The number of carbonyl (C=O) groups is 1. The molecule has 30 heavy (non-hydrogen) atoms. The Labute approximate surface area is 181 Å². The van der Waals surface area contributed by atoms with E-state index in [1.54, 1.807) is 55.5 Å². The molecule has 1 amide bonds. The molecule has 0 radical (unpaired) electrons. The number of nitrogens with zero attached hydrogens (tertiary/aromatic N) is 2. The second-order valence-corrected chi connectivity index (χ2v) is 7.69. The van der Waals surface area contributed by atoms with Crippen LogP contribution in [0.15, 0.2) is 54.7 Å². The van der Waals surface area contributed by atoms with E-state index in [9.17, 15) is 4.79 Å². The number of halogens is 2. The normalized spacial score (nSPS) is 10.7. The summed E-state index contributed by atoms with van der Waals surface area (Å²) < 4.78 is 20.8. The minimum atomic E-state index is -0.336. The van der Waals surface area contributed by atoms with Crippen LogP contribution in [0.1, 0.15) is 23.2 Å². The number of carbonyl (C=O) groups excluding carboxylic acids is 1. The van der Waals surface area contributed by atoms with Gasteiger partial charge in [0.2, 0.25) is 5.91 Å². The highest BCUT2D eigenvalue weighted by Crippen LogP contribution is 2.36. The van der Waals surface area contributed by atoms with Gasteiger partial charge in [-0.15, -0.1) is 0 Å². The predicted octanol–water partition coefficient (Wildman–Crippen LogP) is 5.16. The molecule has 0 saturated carbocycles. The molecule has 6 heteroatoms. The maximum Gasteiger partial charge on any atom is 0.222 e. The Bertz CT molecular complexity index is 1040. The van der Waals surface area contributed by atoms with Crippen LogP contribution >= 0.6 is 11.6 Å². The lowest BCUT2D eigenvalue weighted by atomic mass is 9.97. The number of benzene rings is 2. The molecule has 2 aromatic carbocycles. The van der Waals surface area contributed by atoms with Gasteiger partial charge in [0.05, 0.1) is 12.7 Å². The first kappa shape index (κ1) is 21.8. The van der Waals surface area contributed by atoms with Crippen molar-refractivity contribution in [2.24, 2.45) is 0 Å². The second kappa shape index (κ2) is 9.72. The summed E-state index contributed by atoms with van der Waals surface area (Å²) in [5, 5.41) is 0.534. The highest BCUT2D eigenvalue weighted by atomic mass is 35.5. The highest BCUT2D eigenvalue weighted by molar-refractivity contribution is 6.30. The zero-order valence-corrected chi connectivity index (χ0v) is 18.0. The first-order valence-corrected chi connectivity index (χ1v) is 10.0. The van der Waals surface area contributed by atoms with E-state index >= 15 is 4.39 Å². The van der Waals surface area contributed by atoms with Crippen LogP contribution in [0.5, 0.6) is 5.75 Å². The van der Waals surface area contributed by atoms with Crippen LogP contribution in [0.25, 0.3) is 11.1 Å². The number of methoxy groups -OCH3 is 1. The van der Waals surface area contributed by atoms with Gasteiger partial charge in [-0.3, -0.25) is 9.78 Å². The largest absolute Gasteiger partial charge is 0.496 e. The molecule has 1 aromatic heterocycles. The molecule has 0 unspecified atom stereocenters. The van der Waals surface area contributed by atoms with Gasteiger partial charge in [0.25, 0.3) is 0 Å². The Balaban J connectivity index is 1.82. The summed E-state index contributed by atoms with van der Waals surface area (Å²) in [6, 6.07) is 14.4. The van der Waals surface area contributed by atoms with Crippen molar-refractivity contribution in [3.8, 4) is 16.9 Å². The summed E-state index contributed by atoms with van der Waals surface area (Å²) in [5.41, 5.74) is 3.33. The molecule has 0 N–H and O–H groups in total. The van der Waals surface area contributed by atoms with E-state index in [2.05, 4.69) is 4.98 Å². The molecule has 3 aromatic rings. The van der Waals surface area contributed by atoms with Crippen molar-refractivity contribution >= 4 is 17.5 Å². The first-order chi connectivity index (χ1) is 14.4. The van der Waals surface area contributed by atoms with Crippen molar-refractivity contribution < 1.29 is 13.9 Å². The monoisotopic (exact) mass is 426 g/mol. The number of ether oxygens (including phenoxy) is 1. The number of hydrogen-bond acceptors (Lipinski definition) is 3. The van der Waals surface area contributed by atoms with Crippen LogP contribution < -0.4 is 4.74 Å². The Hall–Kier alpha value is -2.92. The Kier molecular flexibility index (Phi) is 7.06. The van der Waals surface area contributed by atoms with E-state index in [1.807, 2.05) is 18.2 Å². The van der Waals surface area contributed by atoms with Gasteiger partial charge in [-0.2, -0.15) is 0 Å². The molecule has 156 valence electrons. The fourth-order valence-corrected chi connectivity index (χ4v) is 3.40. The number of aromatic nitrogens is 1. The average Bonchev–Trinajstić information content (AvgIpc) is 2.74. The van der Waals surface area contributed by atoms with E-state index in [1.165, 1.54) is 7.11 Å². The van der Waals surface area contributed by atoms with Crippen LogP contribution in [0.3, 0.4) is 0 Å². The quantitative estimate of drug-likeness (QED) is 0.524. The third-order valence-corrected chi connectivity index (χ3v) is 5.13. The zero-order chi connectivity index (χ0) is 21.7. The standard InChI is InChI=1S/C24H24ClFN2O2/c1-28(2)22(29)12-10-20-9-7-16(15-27-20)13-18-8-11-21(30-3)23(24(18)26)17-5-4-6-19(25)14-17/h4-9,11,14-15H,10,12-13H2,1-3H3. The minimum Gasteiger partial charge on any atom is -0.496 e. The van der Waals surface area contributed by atoms with Crippen molar-refractivity contribution in [1.82, 2.24) is 9.88 Å². The Morgan fingerprint density at radius 1 is 1.17 bits per heavy atom. The van der Waals surface area contributed by atoms with Crippen LogP contribution in [-0.4, -0.2) is 37.0 Å². The molecule has 0 aliphatic carbocycles.